The van der Waals surface area contributed by atoms with E-state index in [0.717, 1.165) is 16.5 Å². The molecule has 0 aromatic heterocycles. The van der Waals surface area contributed by atoms with Gasteiger partial charge in [-0.15, -0.1) is 0 Å². The Morgan fingerprint density at radius 1 is 1.24 bits per heavy atom. The van der Waals surface area contributed by atoms with Crippen LogP contribution in [0.3, 0.4) is 0 Å². The fourth-order valence-corrected chi connectivity index (χ4v) is 2.71. The van der Waals surface area contributed by atoms with Crippen molar-refractivity contribution in [2.24, 2.45) is 0 Å². The predicted octanol–water partition coefficient (Wildman–Crippen LogP) is 5.29. The second-order valence-electron chi connectivity index (χ2n) is 4.95. The molecule has 1 amide bonds. The van der Waals surface area contributed by atoms with Crippen molar-refractivity contribution in [3.05, 3.63) is 68.7 Å². The van der Waals surface area contributed by atoms with Gasteiger partial charge in [-0.3, -0.25) is 4.79 Å². The van der Waals surface area contributed by atoms with Crippen LogP contribution in [0.1, 0.15) is 40.9 Å². The van der Waals surface area contributed by atoms with Crippen LogP contribution in [0.4, 0.5) is 0 Å². The van der Waals surface area contributed by atoms with Gasteiger partial charge in [-0.1, -0.05) is 54.4 Å². The Labute approximate surface area is 138 Å². The molecule has 1 N–H and O–H groups in total. The maximum atomic E-state index is 12.4. The van der Waals surface area contributed by atoms with Crippen molar-refractivity contribution in [3.8, 4) is 0 Å². The first-order valence-electron chi connectivity index (χ1n) is 6.84. The molecular weight excluding hydrogens is 350 g/mol. The SMILES string of the molecule is CCC(NC(=O)c1cccc(Br)c1Cl)c1ccc(C)cc1. The van der Waals surface area contributed by atoms with Gasteiger partial charge in [0.1, 0.15) is 0 Å². The summed E-state index contributed by atoms with van der Waals surface area (Å²) in [6.07, 6.45) is 0.820. The first-order valence-corrected chi connectivity index (χ1v) is 8.01. The molecule has 0 radical (unpaired) electrons. The molecule has 2 aromatic rings. The maximum absolute atomic E-state index is 12.4. The van der Waals surface area contributed by atoms with Crippen LogP contribution in [-0.4, -0.2) is 5.91 Å². The van der Waals surface area contributed by atoms with Crippen molar-refractivity contribution in [3.63, 3.8) is 0 Å². The van der Waals surface area contributed by atoms with Crippen LogP contribution in [0.5, 0.6) is 0 Å². The average Bonchev–Trinajstić information content (AvgIpc) is 2.48. The summed E-state index contributed by atoms with van der Waals surface area (Å²) in [6.45, 7) is 4.10. The average molecular weight is 367 g/mol. The van der Waals surface area contributed by atoms with Crippen molar-refractivity contribution in [2.75, 3.05) is 0 Å². The van der Waals surface area contributed by atoms with E-state index in [-0.39, 0.29) is 11.9 Å². The summed E-state index contributed by atoms with van der Waals surface area (Å²) in [6, 6.07) is 13.5. The number of carbonyl (C=O) groups excluding carboxylic acids is 1. The summed E-state index contributed by atoms with van der Waals surface area (Å²) in [7, 11) is 0. The van der Waals surface area contributed by atoms with E-state index in [2.05, 4.69) is 33.4 Å². The van der Waals surface area contributed by atoms with E-state index in [9.17, 15) is 4.79 Å². The summed E-state index contributed by atoms with van der Waals surface area (Å²) >= 11 is 9.51. The van der Waals surface area contributed by atoms with E-state index in [0.29, 0.717) is 10.6 Å². The normalized spacial score (nSPS) is 12.0. The highest BCUT2D eigenvalue weighted by Crippen LogP contribution is 2.27. The Kier molecular flexibility index (Phi) is 5.43. The summed E-state index contributed by atoms with van der Waals surface area (Å²) in [5.41, 5.74) is 2.79. The number of nitrogens with one attached hydrogen (secondary N) is 1. The van der Waals surface area contributed by atoms with Gasteiger partial charge >= 0.3 is 0 Å². The van der Waals surface area contributed by atoms with E-state index in [4.69, 9.17) is 11.6 Å². The number of carbonyl (C=O) groups is 1. The molecule has 2 aromatic carbocycles. The van der Waals surface area contributed by atoms with Gasteiger partial charge in [-0.05, 0) is 47.0 Å². The van der Waals surface area contributed by atoms with Crippen LogP contribution in [0.2, 0.25) is 5.02 Å². The van der Waals surface area contributed by atoms with Gasteiger partial charge in [-0.2, -0.15) is 0 Å². The van der Waals surface area contributed by atoms with Gasteiger partial charge in [-0.25, -0.2) is 0 Å². The third-order valence-electron chi connectivity index (χ3n) is 3.39. The molecule has 0 bridgehead atoms. The number of hydrogen-bond acceptors (Lipinski definition) is 1. The van der Waals surface area contributed by atoms with E-state index in [1.165, 1.54) is 5.56 Å². The molecule has 0 saturated heterocycles. The van der Waals surface area contributed by atoms with Crippen LogP contribution >= 0.6 is 27.5 Å². The van der Waals surface area contributed by atoms with Crippen LogP contribution in [0, 0.1) is 6.92 Å². The second-order valence-corrected chi connectivity index (χ2v) is 6.18. The van der Waals surface area contributed by atoms with Gasteiger partial charge in [0, 0.05) is 4.47 Å². The van der Waals surface area contributed by atoms with E-state index in [1.807, 2.05) is 32.0 Å². The van der Waals surface area contributed by atoms with Gasteiger partial charge in [0.15, 0.2) is 0 Å². The van der Waals surface area contributed by atoms with E-state index < -0.39 is 0 Å². The Morgan fingerprint density at radius 3 is 2.52 bits per heavy atom. The largest absolute Gasteiger partial charge is 0.345 e. The minimum Gasteiger partial charge on any atom is -0.345 e. The Morgan fingerprint density at radius 2 is 1.90 bits per heavy atom. The highest BCUT2D eigenvalue weighted by atomic mass is 79.9. The number of halogens is 2. The summed E-state index contributed by atoms with van der Waals surface area (Å²) in [5.74, 6) is -0.159. The molecule has 110 valence electrons. The lowest BCUT2D eigenvalue weighted by Gasteiger charge is -2.18. The van der Waals surface area contributed by atoms with Crippen LogP contribution in [0.15, 0.2) is 46.9 Å². The lowest BCUT2D eigenvalue weighted by molar-refractivity contribution is 0.0935. The number of hydrogen-bond donors (Lipinski definition) is 1. The van der Waals surface area contributed by atoms with Crippen LogP contribution in [0.25, 0.3) is 0 Å². The quantitative estimate of drug-likeness (QED) is 0.782. The highest BCUT2D eigenvalue weighted by molar-refractivity contribution is 9.10. The number of amides is 1. The molecule has 0 heterocycles. The highest BCUT2D eigenvalue weighted by Gasteiger charge is 2.17. The number of rotatable bonds is 4. The lowest BCUT2D eigenvalue weighted by atomic mass is 10.0. The van der Waals surface area contributed by atoms with Gasteiger partial charge in [0.2, 0.25) is 0 Å². The van der Waals surface area contributed by atoms with Gasteiger partial charge in [0.25, 0.3) is 5.91 Å². The Bertz CT molecular complexity index is 640. The third-order valence-corrected chi connectivity index (χ3v) is 4.69. The standard InChI is InChI=1S/C17H17BrClNO/c1-3-15(12-9-7-11(2)8-10-12)20-17(21)13-5-4-6-14(18)16(13)19/h4-10,15H,3H2,1-2H3,(H,20,21). The molecule has 0 spiro atoms. The zero-order valence-corrected chi connectivity index (χ0v) is 14.3. The van der Waals surface area contributed by atoms with E-state index >= 15 is 0 Å². The van der Waals surface area contributed by atoms with Crippen molar-refractivity contribution in [2.45, 2.75) is 26.3 Å². The van der Waals surface area contributed by atoms with Crippen molar-refractivity contribution in [1.29, 1.82) is 0 Å². The predicted molar refractivity (Wildman–Crippen MR) is 90.8 cm³/mol. The van der Waals surface area contributed by atoms with Crippen molar-refractivity contribution >= 4 is 33.4 Å². The molecule has 1 atom stereocenters. The molecule has 4 heteroatoms. The fraction of sp³-hybridized carbons (Fsp3) is 0.235. The molecule has 0 aliphatic heterocycles. The minimum atomic E-state index is -0.159. The van der Waals surface area contributed by atoms with Gasteiger partial charge < -0.3 is 5.32 Å². The minimum absolute atomic E-state index is 0.0202. The van der Waals surface area contributed by atoms with Crippen LogP contribution < -0.4 is 5.32 Å². The first kappa shape index (κ1) is 16.1. The van der Waals surface area contributed by atoms with Crippen molar-refractivity contribution < 1.29 is 4.79 Å². The third kappa shape index (κ3) is 3.86. The maximum Gasteiger partial charge on any atom is 0.253 e. The molecule has 0 aliphatic carbocycles. The van der Waals surface area contributed by atoms with E-state index in [1.54, 1.807) is 12.1 Å². The molecule has 0 fully saturated rings. The van der Waals surface area contributed by atoms with Crippen LogP contribution in [-0.2, 0) is 0 Å². The van der Waals surface area contributed by atoms with Crippen molar-refractivity contribution in [1.82, 2.24) is 5.32 Å². The fourth-order valence-electron chi connectivity index (χ4n) is 2.14. The number of benzene rings is 2. The second kappa shape index (κ2) is 7.10. The topological polar surface area (TPSA) is 29.1 Å². The lowest BCUT2D eigenvalue weighted by Crippen LogP contribution is -2.28. The molecule has 2 rings (SSSR count). The molecule has 2 nitrogen and oxygen atoms in total. The summed E-state index contributed by atoms with van der Waals surface area (Å²) in [5, 5.41) is 3.48. The molecule has 1 unspecified atom stereocenters. The molecule has 0 aliphatic rings. The monoisotopic (exact) mass is 365 g/mol. The zero-order valence-electron chi connectivity index (χ0n) is 12.0. The summed E-state index contributed by atoms with van der Waals surface area (Å²) < 4.78 is 0.722. The summed E-state index contributed by atoms with van der Waals surface area (Å²) in [4.78, 5) is 12.4. The molecular formula is C17H17BrClNO. The molecule has 0 saturated carbocycles. The molecule has 21 heavy (non-hydrogen) atoms. The van der Waals surface area contributed by atoms with Gasteiger partial charge in [0.05, 0.1) is 16.6 Å². The smallest absolute Gasteiger partial charge is 0.253 e. The Balaban J connectivity index is 2.20. The first-order chi connectivity index (χ1) is 10.0. The zero-order chi connectivity index (χ0) is 15.4. The Hall–Kier alpha value is -1.32. The number of aryl methyl sites for hydroxylation is 1.